The maximum Gasteiger partial charge on any atom is 0.236 e. The molecule has 0 saturated carbocycles. The summed E-state index contributed by atoms with van der Waals surface area (Å²) in [6.07, 6.45) is 7.07. The van der Waals surface area contributed by atoms with Crippen LogP contribution in [-0.4, -0.2) is 31.2 Å². The molecule has 5 aromatic rings. The van der Waals surface area contributed by atoms with Gasteiger partial charge < -0.3 is 15.0 Å². The number of ether oxygens (including phenoxy) is 1. The largest absolute Gasteiger partial charge is 0.480 e. The van der Waals surface area contributed by atoms with Gasteiger partial charge in [-0.3, -0.25) is 14.5 Å². The van der Waals surface area contributed by atoms with Crippen LogP contribution in [0.25, 0.3) is 38.8 Å². The summed E-state index contributed by atoms with van der Waals surface area (Å²) in [5, 5.41) is 19.8. The second-order valence-corrected chi connectivity index (χ2v) is 9.09. The van der Waals surface area contributed by atoms with Gasteiger partial charge in [-0.2, -0.15) is 10.5 Å². The number of nitrogens with zero attached hydrogens (tertiary/aromatic N) is 8. The smallest absolute Gasteiger partial charge is 0.236 e. The molecule has 37 heavy (non-hydrogen) atoms. The molecule has 4 aromatic heterocycles. The van der Waals surface area contributed by atoms with Crippen molar-refractivity contribution in [2.24, 2.45) is 12.0 Å². The van der Waals surface area contributed by atoms with Crippen LogP contribution in [0.5, 0.6) is 5.88 Å². The van der Waals surface area contributed by atoms with Gasteiger partial charge in [0.1, 0.15) is 0 Å². The normalized spacial score (nSPS) is 12.0. The van der Waals surface area contributed by atoms with E-state index in [1.807, 2.05) is 72.6 Å². The molecule has 0 aliphatic heterocycles. The number of benzene rings is 1. The first kappa shape index (κ1) is 23.5. The summed E-state index contributed by atoms with van der Waals surface area (Å²) in [6.45, 7) is 3.63. The Morgan fingerprint density at radius 3 is 2.46 bits per heavy atom. The molecule has 0 bridgehead atoms. The fourth-order valence-electron chi connectivity index (χ4n) is 4.34. The zero-order valence-corrected chi connectivity index (χ0v) is 20.8. The Labute approximate surface area is 212 Å². The minimum atomic E-state index is -0.735. The number of rotatable bonds is 4. The van der Waals surface area contributed by atoms with Gasteiger partial charge in [0.15, 0.2) is 0 Å². The first-order chi connectivity index (χ1) is 17.8. The van der Waals surface area contributed by atoms with Crippen LogP contribution in [-0.2, 0) is 12.5 Å². The first-order valence-corrected chi connectivity index (χ1v) is 11.4. The van der Waals surface area contributed by atoms with Gasteiger partial charge in [-0.1, -0.05) is 6.07 Å². The van der Waals surface area contributed by atoms with Crippen molar-refractivity contribution in [1.29, 1.82) is 10.5 Å². The van der Waals surface area contributed by atoms with Gasteiger partial charge in [0.05, 0.1) is 64.6 Å². The molecule has 10 heteroatoms. The van der Waals surface area contributed by atoms with Crippen molar-refractivity contribution in [2.45, 2.75) is 19.3 Å². The maximum absolute atomic E-state index is 9.50. The van der Waals surface area contributed by atoms with Gasteiger partial charge in [0.25, 0.3) is 0 Å². The minimum absolute atomic E-state index is 0.368. The number of hydrogen-bond donors (Lipinski definition) is 1. The summed E-state index contributed by atoms with van der Waals surface area (Å²) < 4.78 is 8.89. The predicted octanol–water partition coefficient (Wildman–Crippen LogP) is 3.75. The van der Waals surface area contributed by atoms with E-state index in [0.717, 1.165) is 33.1 Å². The average Bonchev–Trinajstić information content (AvgIpc) is 3.20. The number of nitrogens with two attached hydrogens (primary N) is 1. The van der Waals surface area contributed by atoms with Crippen LogP contribution >= 0.6 is 0 Å². The molecule has 0 atom stereocenters. The molecule has 1 aromatic carbocycles. The standard InChI is InChI=1S/C27H23N9O/c1-27(2,14-28)23-8-6-18(12-32-23)36-24-19-9-16(17-10-20(30)25(37-4)33-11-17)5-7-21(19)31-13-22(24)35(3)26(36)34-15-29/h5-13H,30H2,1-4H3/b34-26-. The molecule has 0 unspecified atom stereocenters. The number of pyridine rings is 3. The number of hydrogen-bond acceptors (Lipinski definition) is 8. The highest BCUT2D eigenvalue weighted by Gasteiger charge is 2.22. The first-order valence-electron chi connectivity index (χ1n) is 11.4. The molecule has 0 saturated heterocycles. The predicted molar refractivity (Wildman–Crippen MR) is 139 cm³/mol. The van der Waals surface area contributed by atoms with Crippen LogP contribution in [0.2, 0.25) is 0 Å². The molecule has 10 nitrogen and oxygen atoms in total. The fourth-order valence-corrected chi connectivity index (χ4v) is 4.34. The lowest BCUT2D eigenvalue weighted by molar-refractivity contribution is 0.400. The van der Waals surface area contributed by atoms with Crippen molar-refractivity contribution in [1.82, 2.24) is 24.1 Å². The lowest BCUT2D eigenvalue weighted by Gasteiger charge is -2.15. The molecule has 0 spiro atoms. The molecule has 182 valence electrons. The van der Waals surface area contributed by atoms with E-state index in [0.29, 0.717) is 28.6 Å². The van der Waals surface area contributed by atoms with Crippen LogP contribution in [0, 0.1) is 22.8 Å². The quantitative estimate of drug-likeness (QED) is 0.379. The summed E-state index contributed by atoms with van der Waals surface area (Å²) in [5.74, 6) is 0.368. The Balaban J connectivity index is 1.82. The number of nitrogen functional groups attached to an aromatic ring is 1. The number of nitriles is 2. The Kier molecular flexibility index (Phi) is 5.58. The summed E-state index contributed by atoms with van der Waals surface area (Å²) in [6, 6.07) is 13.7. The van der Waals surface area contributed by atoms with Crippen LogP contribution in [0.1, 0.15) is 19.5 Å². The summed E-state index contributed by atoms with van der Waals surface area (Å²) in [7, 11) is 3.36. The molecule has 4 heterocycles. The Hall–Kier alpha value is -5.22. The Morgan fingerprint density at radius 2 is 1.81 bits per heavy atom. The molecule has 0 amide bonds. The highest BCUT2D eigenvalue weighted by molar-refractivity contribution is 6.04. The molecule has 0 fully saturated rings. The third kappa shape index (κ3) is 3.81. The van der Waals surface area contributed by atoms with Crippen LogP contribution in [0.3, 0.4) is 0 Å². The highest BCUT2D eigenvalue weighted by atomic mass is 16.5. The maximum atomic E-state index is 9.50. The van der Waals surface area contributed by atoms with Crippen molar-refractivity contribution in [3.8, 4) is 35.0 Å². The summed E-state index contributed by atoms with van der Waals surface area (Å²) in [4.78, 5) is 17.6. The third-order valence-electron chi connectivity index (χ3n) is 6.39. The third-order valence-corrected chi connectivity index (χ3v) is 6.39. The zero-order chi connectivity index (χ0) is 26.3. The highest BCUT2D eigenvalue weighted by Crippen LogP contribution is 2.32. The Morgan fingerprint density at radius 1 is 1.00 bits per heavy atom. The molecule has 0 radical (unpaired) electrons. The van der Waals surface area contributed by atoms with Crippen molar-refractivity contribution in [2.75, 3.05) is 12.8 Å². The van der Waals surface area contributed by atoms with E-state index in [4.69, 9.17) is 10.5 Å². The number of imidazole rings is 1. The van der Waals surface area contributed by atoms with Crippen LogP contribution in [0.4, 0.5) is 5.69 Å². The van der Waals surface area contributed by atoms with Gasteiger partial charge in [-0.15, -0.1) is 4.99 Å². The van der Waals surface area contributed by atoms with Crippen molar-refractivity contribution < 1.29 is 4.74 Å². The minimum Gasteiger partial charge on any atom is -0.480 e. The average molecular weight is 490 g/mol. The van der Waals surface area contributed by atoms with Gasteiger partial charge in [0, 0.05) is 24.2 Å². The number of aromatic nitrogens is 5. The molecular weight excluding hydrogens is 466 g/mol. The summed E-state index contributed by atoms with van der Waals surface area (Å²) in [5.41, 5.74) is 11.7. The van der Waals surface area contributed by atoms with Gasteiger partial charge in [-0.25, -0.2) is 4.98 Å². The lowest BCUT2D eigenvalue weighted by Crippen LogP contribution is -2.23. The molecule has 5 rings (SSSR count). The van der Waals surface area contributed by atoms with Crippen molar-refractivity contribution in [3.63, 3.8) is 0 Å². The number of fused-ring (bicyclic) bond motifs is 3. The second-order valence-electron chi connectivity index (χ2n) is 9.09. The van der Waals surface area contributed by atoms with Crippen molar-refractivity contribution in [3.05, 3.63) is 66.3 Å². The van der Waals surface area contributed by atoms with Crippen LogP contribution < -0.4 is 16.1 Å². The molecule has 0 aliphatic rings. The lowest BCUT2D eigenvalue weighted by atomic mass is 9.91. The van der Waals surface area contributed by atoms with E-state index in [-0.39, 0.29) is 0 Å². The monoisotopic (exact) mass is 489 g/mol. The summed E-state index contributed by atoms with van der Waals surface area (Å²) >= 11 is 0. The van der Waals surface area contributed by atoms with Gasteiger partial charge in [-0.05, 0) is 49.7 Å². The molecule has 2 N–H and O–H groups in total. The van der Waals surface area contributed by atoms with E-state index >= 15 is 0 Å². The molecule has 0 aliphatic carbocycles. The Bertz CT molecular complexity index is 1830. The fraction of sp³-hybridized carbons (Fsp3) is 0.185. The topological polar surface area (TPSA) is 144 Å². The van der Waals surface area contributed by atoms with E-state index in [2.05, 4.69) is 26.0 Å². The van der Waals surface area contributed by atoms with E-state index < -0.39 is 5.41 Å². The number of anilines is 1. The van der Waals surface area contributed by atoms with Gasteiger partial charge in [0.2, 0.25) is 17.7 Å². The number of aryl methyl sites for hydroxylation is 1. The van der Waals surface area contributed by atoms with Crippen LogP contribution in [0.15, 0.2) is 60.0 Å². The van der Waals surface area contributed by atoms with Gasteiger partial charge >= 0.3 is 0 Å². The molecular formula is C27H23N9O. The van der Waals surface area contributed by atoms with Crippen molar-refractivity contribution >= 4 is 27.6 Å². The number of methoxy groups -OCH3 is 1. The van der Waals surface area contributed by atoms with E-state index in [1.165, 1.54) is 7.11 Å². The SMILES string of the molecule is COc1ncc(-c2ccc3ncc4c(c3c2)n(-c2ccc(C(C)(C)C#N)nc2)/c(=N\C#N)n4C)cc1N. The second kappa shape index (κ2) is 8.77. The van der Waals surface area contributed by atoms with E-state index in [9.17, 15) is 10.5 Å². The zero-order valence-electron chi connectivity index (χ0n) is 20.8. The van der Waals surface area contributed by atoms with E-state index in [1.54, 1.807) is 18.6 Å².